The summed E-state index contributed by atoms with van der Waals surface area (Å²) in [6.45, 7) is 10.4. The van der Waals surface area contributed by atoms with Gasteiger partial charge in [-0.1, -0.05) is 73.4 Å². The normalized spacial score (nSPS) is 14.3. The fourth-order valence-corrected chi connectivity index (χ4v) is 5.52. The summed E-state index contributed by atoms with van der Waals surface area (Å²) in [4.78, 5) is 28.9. The van der Waals surface area contributed by atoms with Gasteiger partial charge in [-0.3, -0.25) is 9.59 Å². The predicted molar refractivity (Wildman–Crippen MR) is 211 cm³/mol. The Morgan fingerprint density at radius 3 is 2.52 bits per heavy atom. The number of aldehydes is 2. The number of hydrogen-bond acceptors (Lipinski definition) is 6. The summed E-state index contributed by atoms with van der Waals surface area (Å²) in [6, 6.07) is 12.6. The van der Waals surface area contributed by atoms with Crippen molar-refractivity contribution < 1.29 is 9.59 Å². The first-order valence-electron chi connectivity index (χ1n) is 15.7. The van der Waals surface area contributed by atoms with Gasteiger partial charge in [-0.15, -0.1) is 24.4 Å². The minimum Gasteiger partial charge on any atom is -0.350 e. The predicted octanol–water partition coefficient (Wildman–Crippen LogP) is 10.6. The van der Waals surface area contributed by atoms with Crippen molar-refractivity contribution in [3.8, 4) is 0 Å². The Labute approximate surface area is 296 Å². The van der Waals surface area contributed by atoms with E-state index in [4.69, 9.17) is 12.6 Å². The van der Waals surface area contributed by atoms with E-state index in [2.05, 4.69) is 109 Å². The number of thiol groups is 1. The molecule has 246 valence electrons. The summed E-state index contributed by atoms with van der Waals surface area (Å²) in [5.74, 6) is 0. The number of allylic oxidation sites excluding steroid dienone is 14. The average Bonchev–Trinajstić information content (AvgIpc) is 3.34. The van der Waals surface area contributed by atoms with Crippen LogP contribution in [0, 0.1) is 6.92 Å². The number of thioether (sulfide) groups is 1. The van der Waals surface area contributed by atoms with Crippen LogP contribution >= 0.6 is 24.4 Å². The highest BCUT2D eigenvalue weighted by Gasteiger charge is 2.11. The quantitative estimate of drug-likeness (QED) is 0.0632. The molecule has 3 rings (SSSR count). The molecule has 1 aliphatic carbocycles. The van der Waals surface area contributed by atoms with Crippen molar-refractivity contribution in [3.05, 3.63) is 174 Å². The molecule has 48 heavy (non-hydrogen) atoms. The Morgan fingerprint density at radius 1 is 1.00 bits per heavy atom. The van der Waals surface area contributed by atoms with Gasteiger partial charge in [0.15, 0.2) is 0 Å². The van der Waals surface area contributed by atoms with Crippen LogP contribution in [0.5, 0.6) is 0 Å². The smallest absolute Gasteiger partial charge is 0.150 e. The van der Waals surface area contributed by atoms with Crippen molar-refractivity contribution in [3.63, 3.8) is 0 Å². The molecule has 2 aromatic rings. The molecule has 0 saturated carbocycles. The number of anilines is 1. The van der Waals surface area contributed by atoms with Crippen LogP contribution in [0.25, 0.3) is 12.2 Å². The second-order valence-corrected chi connectivity index (χ2v) is 12.2. The van der Waals surface area contributed by atoms with Crippen molar-refractivity contribution in [2.45, 2.75) is 37.0 Å². The molecule has 0 saturated heterocycles. The van der Waals surface area contributed by atoms with Crippen molar-refractivity contribution >= 4 is 54.8 Å². The van der Waals surface area contributed by atoms with E-state index >= 15 is 0 Å². The van der Waals surface area contributed by atoms with Crippen LogP contribution in [0.15, 0.2) is 167 Å². The largest absolute Gasteiger partial charge is 0.350 e. The highest BCUT2D eigenvalue weighted by Crippen LogP contribution is 2.31. The van der Waals surface area contributed by atoms with Gasteiger partial charge in [0.1, 0.15) is 12.6 Å². The molecule has 2 aromatic carbocycles. The molecule has 0 radical (unpaired) electrons. The van der Waals surface area contributed by atoms with E-state index in [0.29, 0.717) is 24.1 Å². The fraction of sp³-hybridized carbons (Fsp3) is 0.143. The van der Waals surface area contributed by atoms with E-state index in [-0.39, 0.29) is 0 Å². The van der Waals surface area contributed by atoms with Crippen molar-refractivity contribution in [2.75, 3.05) is 17.7 Å². The third-order valence-electron chi connectivity index (χ3n) is 7.20. The minimum absolute atomic E-state index is 0.558. The molecule has 0 amide bonds. The zero-order chi connectivity index (χ0) is 34.7. The molecule has 0 heterocycles. The Bertz CT molecular complexity index is 1760. The van der Waals surface area contributed by atoms with E-state index in [0.717, 1.165) is 56.0 Å². The first kappa shape index (κ1) is 37.7. The molecule has 0 spiro atoms. The van der Waals surface area contributed by atoms with Crippen LogP contribution < -0.4 is 4.90 Å². The molecule has 6 heteroatoms. The fourth-order valence-electron chi connectivity index (χ4n) is 4.64. The first-order chi connectivity index (χ1) is 23.3. The third kappa shape index (κ3) is 12.1. The van der Waals surface area contributed by atoms with Crippen molar-refractivity contribution in [1.82, 2.24) is 4.90 Å². The molecule has 0 bridgehead atoms. The third-order valence-corrected chi connectivity index (χ3v) is 8.38. The van der Waals surface area contributed by atoms with Crippen LogP contribution in [0.1, 0.15) is 37.0 Å². The molecule has 1 aliphatic rings. The lowest BCUT2D eigenvalue weighted by Gasteiger charge is -2.23. The van der Waals surface area contributed by atoms with Crippen molar-refractivity contribution in [1.29, 1.82) is 0 Å². The molecule has 0 N–H and O–H groups in total. The molecule has 0 aromatic heterocycles. The standard InChI is InChI=1S/C42H44N2O2S2/c1-6-8-13-33(3)21-25-43(24-11-16-35(31-45)12-7-2)26-22-37-30-42(48-5)38(29-41(37)47)23-27-44(40-18-9-14-34(4)28-40)39-17-10-15-36(32-46)19-20-39/h6-9,11-23,25-32,47H,2,10,24H2,1,3-5H3/b8-6-,16-11-,25-21+,26-22+,27-23+,33-13-,35-12+. The second kappa shape index (κ2) is 20.5. The second-order valence-electron chi connectivity index (χ2n) is 10.9. The zero-order valence-electron chi connectivity index (χ0n) is 28.1. The van der Waals surface area contributed by atoms with Gasteiger partial charge in [0.2, 0.25) is 0 Å². The molecule has 0 aliphatic heterocycles. The Kier molecular flexibility index (Phi) is 16.1. The Balaban J connectivity index is 1.95. The Hall–Kier alpha value is -4.78. The summed E-state index contributed by atoms with van der Waals surface area (Å²) in [5.41, 5.74) is 7.56. The lowest BCUT2D eigenvalue weighted by atomic mass is 10.1. The SMILES string of the molecule is C=C/C=C(C=O)\C=C/CN(/C=C/C(C)=C\C=C/C)/C=C/c1cc(SC)c(/C=C/N(C2=CCC=C(C=O)C=C2)c2cccc(C)c2)cc1S. The lowest BCUT2D eigenvalue weighted by Crippen LogP contribution is -2.14. The summed E-state index contributed by atoms with van der Waals surface area (Å²) in [5, 5.41) is 0. The van der Waals surface area contributed by atoms with Crippen LogP contribution in [0.4, 0.5) is 5.69 Å². The van der Waals surface area contributed by atoms with Gasteiger partial charge in [0.25, 0.3) is 0 Å². The van der Waals surface area contributed by atoms with Gasteiger partial charge < -0.3 is 9.80 Å². The Morgan fingerprint density at radius 2 is 1.81 bits per heavy atom. The van der Waals surface area contributed by atoms with E-state index < -0.39 is 0 Å². The van der Waals surface area contributed by atoms with Crippen LogP contribution in [-0.2, 0) is 9.59 Å². The van der Waals surface area contributed by atoms with Crippen LogP contribution in [0.2, 0.25) is 0 Å². The molecule has 0 unspecified atom stereocenters. The first-order valence-corrected chi connectivity index (χ1v) is 17.3. The molecular formula is C42H44N2O2S2. The van der Waals surface area contributed by atoms with Gasteiger partial charge in [0.05, 0.1) is 0 Å². The zero-order valence-corrected chi connectivity index (χ0v) is 29.8. The molecule has 4 nitrogen and oxygen atoms in total. The van der Waals surface area contributed by atoms with Crippen molar-refractivity contribution in [2.24, 2.45) is 0 Å². The number of carbonyl (C=O) groups excluding carboxylic acids is 2. The van der Waals surface area contributed by atoms with E-state index in [1.807, 2.05) is 55.8 Å². The number of aryl methyl sites for hydroxylation is 1. The minimum atomic E-state index is 0.558. The summed E-state index contributed by atoms with van der Waals surface area (Å²) < 4.78 is 0. The molecule has 0 atom stereocenters. The van der Waals surface area contributed by atoms with Gasteiger partial charge in [0, 0.05) is 57.5 Å². The van der Waals surface area contributed by atoms with Gasteiger partial charge in [-0.05, 0) is 110 Å². The lowest BCUT2D eigenvalue weighted by molar-refractivity contribution is -0.105. The number of carbonyl (C=O) groups is 2. The van der Waals surface area contributed by atoms with Gasteiger partial charge in [-0.25, -0.2) is 0 Å². The maximum Gasteiger partial charge on any atom is 0.150 e. The summed E-state index contributed by atoms with van der Waals surface area (Å²) in [6.07, 6.45) is 37.7. The number of rotatable bonds is 16. The average molecular weight is 673 g/mol. The van der Waals surface area contributed by atoms with E-state index in [1.54, 1.807) is 30.0 Å². The van der Waals surface area contributed by atoms with Crippen LogP contribution in [-0.4, -0.2) is 30.3 Å². The highest BCUT2D eigenvalue weighted by atomic mass is 32.2. The van der Waals surface area contributed by atoms with Gasteiger partial charge in [-0.2, -0.15) is 0 Å². The van der Waals surface area contributed by atoms with Gasteiger partial charge >= 0.3 is 0 Å². The highest BCUT2D eigenvalue weighted by molar-refractivity contribution is 7.98. The van der Waals surface area contributed by atoms with E-state index in [9.17, 15) is 9.59 Å². The number of benzene rings is 2. The number of nitrogens with zero attached hydrogens (tertiary/aromatic N) is 2. The maximum atomic E-state index is 11.4. The topological polar surface area (TPSA) is 40.6 Å². The molecular weight excluding hydrogens is 629 g/mol. The maximum absolute atomic E-state index is 11.4. The van der Waals surface area contributed by atoms with Crippen LogP contribution in [0.3, 0.4) is 0 Å². The monoisotopic (exact) mass is 672 g/mol. The van der Waals surface area contributed by atoms with E-state index in [1.165, 1.54) is 0 Å². The molecule has 0 fully saturated rings. The summed E-state index contributed by atoms with van der Waals surface area (Å²) in [7, 11) is 0. The number of hydrogen-bond donors (Lipinski definition) is 1. The summed E-state index contributed by atoms with van der Waals surface area (Å²) >= 11 is 6.56.